The predicted molar refractivity (Wildman–Crippen MR) is 81.0 cm³/mol. The smallest absolute Gasteiger partial charge is 0.136 e. The second-order valence-electron chi connectivity index (χ2n) is 5.66. The Hall–Kier alpha value is -2.14. The van der Waals surface area contributed by atoms with Gasteiger partial charge >= 0.3 is 0 Å². The quantitative estimate of drug-likeness (QED) is 0.731. The minimum absolute atomic E-state index is 0.640. The Morgan fingerprint density at radius 3 is 2.71 bits per heavy atom. The zero-order valence-corrected chi connectivity index (χ0v) is 12.2. The lowest BCUT2D eigenvalue weighted by atomic mass is 10.2. The van der Waals surface area contributed by atoms with E-state index in [-0.39, 0.29) is 0 Å². The van der Waals surface area contributed by atoms with Crippen molar-refractivity contribution in [3.8, 4) is 0 Å². The number of rotatable bonds is 1. The first-order valence-electron chi connectivity index (χ1n) is 7.43. The summed E-state index contributed by atoms with van der Waals surface area (Å²) in [5.74, 6) is 2.24. The molecule has 0 saturated carbocycles. The number of fused-ring (bicyclic) bond motifs is 2. The molecule has 0 bridgehead atoms. The van der Waals surface area contributed by atoms with Gasteiger partial charge in [0.2, 0.25) is 0 Å². The minimum atomic E-state index is 0.640. The van der Waals surface area contributed by atoms with Crippen molar-refractivity contribution in [2.75, 3.05) is 33.2 Å². The van der Waals surface area contributed by atoms with Gasteiger partial charge in [-0.2, -0.15) is 0 Å². The van der Waals surface area contributed by atoms with Gasteiger partial charge in [-0.05, 0) is 19.2 Å². The van der Waals surface area contributed by atoms with Gasteiger partial charge in [0.15, 0.2) is 0 Å². The third-order valence-corrected chi connectivity index (χ3v) is 4.28. The van der Waals surface area contributed by atoms with Crippen molar-refractivity contribution >= 4 is 5.82 Å². The Balaban J connectivity index is 1.94. The largest absolute Gasteiger partial charge is 0.355 e. The molecule has 1 aromatic heterocycles. The maximum atomic E-state index is 4.72. The zero-order chi connectivity index (χ0) is 14.2. The molecule has 3 heterocycles. The third-order valence-electron chi connectivity index (χ3n) is 4.28. The van der Waals surface area contributed by atoms with Crippen LogP contribution in [0.2, 0.25) is 0 Å². The van der Waals surface area contributed by atoms with E-state index in [1.807, 2.05) is 6.20 Å². The van der Waals surface area contributed by atoms with Gasteiger partial charge in [-0.1, -0.05) is 12.1 Å². The summed E-state index contributed by atoms with van der Waals surface area (Å²) in [4.78, 5) is 14.0. The van der Waals surface area contributed by atoms with Crippen LogP contribution in [0.1, 0.15) is 5.82 Å². The Bertz CT molecular complexity index is 768. The van der Waals surface area contributed by atoms with E-state index in [4.69, 9.17) is 4.99 Å². The van der Waals surface area contributed by atoms with Crippen LogP contribution in [0.15, 0.2) is 41.7 Å². The van der Waals surface area contributed by atoms with E-state index >= 15 is 0 Å². The summed E-state index contributed by atoms with van der Waals surface area (Å²) in [6, 6.07) is 8.41. The topological polar surface area (TPSA) is 36.7 Å². The fraction of sp³-hybridized carbons (Fsp3) is 0.375. The van der Waals surface area contributed by atoms with Gasteiger partial charge in [0.05, 0.1) is 11.9 Å². The first kappa shape index (κ1) is 12.6. The van der Waals surface area contributed by atoms with Gasteiger partial charge in [0.25, 0.3) is 0 Å². The Morgan fingerprint density at radius 2 is 1.86 bits per heavy atom. The maximum absolute atomic E-state index is 4.72. The highest BCUT2D eigenvalue weighted by molar-refractivity contribution is 5.46. The molecule has 0 aliphatic carbocycles. The third kappa shape index (κ3) is 2.14. The lowest BCUT2D eigenvalue weighted by Crippen LogP contribution is -2.47. The van der Waals surface area contributed by atoms with Crippen molar-refractivity contribution in [3.63, 3.8) is 0 Å². The second kappa shape index (κ2) is 5.00. The number of benzene rings is 1. The normalized spacial score (nSPS) is 18.7. The number of hydrogen-bond acceptors (Lipinski definition) is 4. The van der Waals surface area contributed by atoms with E-state index in [0.717, 1.165) is 37.4 Å². The van der Waals surface area contributed by atoms with Gasteiger partial charge in [-0.15, -0.1) is 0 Å². The summed E-state index contributed by atoms with van der Waals surface area (Å²) in [6.07, 6.45) is 3.93. The van der Waals surface area contributed by atoms with Gasteiger partial charge in [-0.25, -0.2) is 4.98 Å². The Morgan fingerprint density at radius 1 is 1.05 bits per heavy atom. The molecule has 1 fully saturated rings. The number of nitrogens with zero attached hydrogens (tertiary/aromatic N) is 5. The molecular weight excluding hydrogens is 262 g/mol. The van der Waals surface area contributed by atoms with E-state index in [1.165, 1.54) is 11.0 Å². The molecule has 1 aromatic carbocycles. The molecule has 0 amide bonds. The second-order valence-corrected chi connectivity index (χ2v) is 5.66. The number of likely N-dealkylation sites (N-methyl/N-ethyl adjacent to an activating group) is 1. The summed E-state index contributed by atoms with van der Waals surface area (Å²) >= 11 is 0. The molecule has 0 atom stereocenters. The SMILES string of the molecule is CN1CCN(C2=c3ccccc3=NCc3nccn32)CC1. The van der Waals surface area contributed by atoms with Crippen molar-refractivity contribution in [1.29, 1.82) is 0 Å². The van der Waals surface area contributed by atoms with Crippen LogP contribution < -0.4 is 10.6 Å². The van der Waals surface area contributed by atoms with E-state index < -0.39 is 0 Å². The highest BCUT2D eigenvalue weighted by atomic mass is 15.3. The Kier molecular flexibility index (Phi) is 3.00. The number of para-hydroxylation sites is 1. The highest BCUT2D eigenvalue weighted by Crippen LogP contribution is 2.15. The van der Waals surface area contributed by atoms with Gasteiger partial charge in [0.1, 0.15) is 11.6 Å². The summed E-state index contributed by atoms with van der Waals surface area (Å²) < 4.78 is 2.21. The first-order chi connectivity index (χ1) is 10.3. The molecule has 5 nitrogen and oxygen atoms in total. The molecule has 108 valence electrons. The number of aromatic nitrogens is 2. The fourth-order valence-electron chi connectivity index (χ4n) is 3.07. The molecule has 1 saturated heterocycles. The van der Waals surface area contributed by atoms with Crippen LogP contribution in [0.3, 0.4) is 0 Å². The summed E-state index contributed by atoms with van der Waals surface area (Å²) in [6.45, 7) is 4.90. The summed E-state index contributed by atoms with van der Waals surface area (Å²) in [5.41, 5.74) is 0. The molecule has 21 heavy (non-hydrogen) atoms. The summed E-state index contributed by atoms with van der Waals surface area (Å²) in [5, 5.41) is 2.27. The van der Waals surface area contributed by atoms with Crippen molar-refractivity contribution in [2.24, 2.45) is 4.99 Å². The predicted octanol–water partition coefficient (Wildman–Crippen LogP) is -0.122. The number of piperazine rings is 1. The molecule has 2 aliphatic heterocycles. The molecule has 4 rings (SSSR count). The first-order valence-corrected chi connectivity index (χ1v) is 7.43. The van der Waals surface area contributed by atoms with Crippen molar-refractivity contribution < 1.29 is 0 Å². The van der Waals surface area contributed by atoms with Crippen LogP contribution in [0.25, 0.3) is 5.82 Å². The highest BCUT2D eigenvalue weighted by Gasteiger charge is 2.21. The average molecular weight is 281 g/mol. The van der Waals surface area contributed by atoms with Crippen LogP contribution in [-0.4, -0.2) is 52.6 Å². The van der Waals surface area contributed by atoms with E-state index in [9.17, 15) is 0 Å². The van der Waals surface area contributed by atoms with E-state index in [2.05, 4.69) is 56.9 Å². The summed E-state index contributed by atoms with van der Waals surface area (Å²) in [7, 11) is 2.18. The molecule has 0 radical (unpaired) electrons. The number of imidazole rings is 1. The van der Waals surface area contributed by atoms with Gasteiger partial charge in [-0.3, -0.25) is 9.56 Å². The van der Waals surface area contributed by atoms with Gasteiger partial charge < -0.3 is 9.80 Å². The lowest BCUT2D eigenvalue weighted by molar-refractivity contribution is 0.201. The monoisotopic (exact) mass is 281 g/mol. The number of hydrogen-bond donors (Lipinski definition) is 0. The van der Waals surface area contributed by atoms with Crippen molar-refractivity contribution in [2.45, 2.75) is 6.54 Å². The fourth-order valence-corrected chi connectivity index (χ4v) is 3.07. The van der Waals surface area contributed by atoms with Crippen molar-refractivity contribution in [3.05, 3.63) is 53.1 Å². The zero-order valence-electron chi connectivity index (χ0n) is 12.2. The van der Waals surface area contributed by atoms with E-state index in [0.29, 0.717) is 6.54 Å². The molecule has 5 heteroatoms. The van der Waals surface area contributed by atoms with Crippen LogP contribution >= 0.6 is 0 Å². The molecule has 2 aliphatic rings. The Labute approximate surface area is 123 Å². The van der Waals surface area contributed by atoms with E-state index in [1.54, 1.807) is 0 Å². The minimum Gasteiger partial charge on any atom is -0.355 e. The average Bonchev–Trinajstić information content (AvgIpc) is 2.91. The maximum Gasteiger partial charge on any atom is 0.136 e. The van der Waals surface area contributed by atoms with Crippen LogP contribution in [0, 0.1) is 0 Å². The lowest BCUT2D eigenvalue weighted by Gasteiger charge is -2.35. The molecule has 0 spiro atoms. The molecule has 2 aromatic rings. The van der Waals surface area contributed by atoms with Crippen LogP contribution in [0.4, 0.5) is 0 Å². The molecule has 0 N–H and O–H groups in total. The molecule has 0 unspecified atom stereocenters. The van der Waals surface area contributed by atoms with Crippen LogP contribution in [0.5, 0.6) is 0 Å². The van der Waals surface area contributed by atoms with Crippen molar-refractivity contribution in [1.82, 2.24) is 19.4 Å². The van der Waals surface area contributed by atoms with Gasteiger partial charge in [0, 0.05) is 43.8 Å². The molecular formula is C16H19N5. The standard InChI is InChI=1S/C16H19N5/c1-19-8-10-20(11-9-19)16-13-4-2-3-5-14(13)18-12-15-17-6-7-21(15)16/h2-7H,8-12H2,1H3. The van der Waals surface area contributed by atoms with Crippen LogP contribution in [-0.2, 0) is 6.54 Å².